The van der Waals surface area contributed by atoms with Crippen LogP contribution in [0.15, 0.2) is 0 Å². The van der Waals surface area contributed by atoms with E-state index in [1.54, 1.807) is 0 Å². The van der Waals surface area contributed by atoms with Crippen LogP contribution >= 0.6 is 12.6 Å². The summed E-state index contributed by atoms with van der Waals surface area (Å²) < 4.78 is 10.9. The van der Waals surface area contributed by atoms with Gasteiger partial charge in [0.1, 0.15) is 29.9 Å². The van der Waals surface area contributed by atoms with Gasteiger partial charge in [0.15, 0.2) is 0 Å². The van der Waals surface area contributed by atoms with Crippen LogP contribution in [0.4, 0.5) is 0 Å². The molecule has 120 valence electrons. The highest BCUT2D eigenvalue weighted by molar-refractivity contribution is 7.80. The molecule has 0 bridgehead atoms. The molecule has 0 saturated carbocycles. The van der Waals surface area contributed by atoms with Gasteiger partial charge in [0, 0.05) is 6.61 Å². The van der Waals surface area contributed by atoms with Crippen molar-refractivity contribution in [2.75, 3.05) is 13.2 Å². The molecule has 1 saturated heterocycles. The van der Waals surface area contributed by atoms with Crippen molar-refractivity contribution in [3.05, 3.63) is 0 Å². The maximum Gasteiger partial charge on any atom is 0.129 e. The van der Waals surface area contributed by atoms with Crippen LogP contribution in [-0.2, 0) is 9.47 Å². The van der Waals surface area contributed by atoms with E-state index in [0.717, 1.165) is 12.8 Å². The predicted octanol–water partition coefficient (Wildman–Crippen LogP) is 1.10. The van der Waals surface area contributed by atoms with E-state index in [4.69, 9.17) is 14.6 Å². The van der Waals surface area contributed by atoms with Crippen LogP contribution < -0.4 is 0 Å². The molecule has 6 heteroatoms. The van der Waals surface area contributed by atoms with E-state index in [9.17, 15) is 10.2 Å². The molecule has 5 atom stereocenters. The number of aliphatic hydroxyl groups is 3. The average Bonchev–Trinajstić information content (AvgIpc) is 2.45. The highest BCUT2D eigenvalue weighted by Crippen LogP contribution is 2.25. The lowest BCUT2D eigenvalue weighted by atomic mass is 10.00. The first-order valence-electron chi connectivity index (χ1n) is 7.54. The summed E-state index contributed by atoms with van der Waals surface area (Å²) >= 11 is 4.21. The second-order valence-electron chi connectivity index (χ2n) is 5.33. The third-order valence-electron chi connectivity index (χ3n) is 3.65. The van der Waals surface area contributed by atoms with Crippen molar-refractivity contribution in [1.82, 2.24) is 0 Å². The van der Waals surface area contributed by atoms with Crippen LogP contribution in [0, 0.1) is 0 Å². The van der Waals surface area contributed by atoms with Gasteiger partial charge in [-0.15, -0.1) is 12.6 Å². The summed E-state index contributed by atoms with van der Waals surface area (Å²) in [4.78, 5) is 0. The van der Waals surface area contributed by atoms with Crippen LogP contribution in [0.25, 0.3) is 0 Å². The molecule has 0 aromatic rings. The second-order valence-corrected chi connectivity index (χ2v) is 5.84. The van der Waals surface area contributed by atoms with Crippen molar-refractivity contribution in [3.63, 3.8) is 0 Å². The molecule has 1 aliphatic rings. The van der Waals surface area contributed by atoms with Gasteiger partial charge in [-0.2, -0.15) is 0 Å². The van der Waals surface area contributed by atoms with Gasteiger partial charge in [-0.05, 0) is 6.42 Å². The third kappa shape index (κ3) is 5.50. The Hall–Kier alpha value is 0.150. The van der Waals surface area contributed by atoms with Crippen LogP contribution in [0.5, 0.6) is 0 Å². The first kappa shape index (κ1) is 18.2. The van der Waals surface area contributed by atoms with Crippen molar-refractivity contribution >= 4 is 12.6 Å². The molecule has 0 unspecified atom stereocenters. The summed E-state index contributed by atoms with van der Waals surface area (Å²) in [6, 6.07) is 0. The lowest BCUT2D eigenvalue weighted by Gasteiger charge is -2.40. The zero-order chi connectivity index (χ0) is 15.0. The number of thiol groups is 1. The maximum atomic E-state index is 9.97. The van der Waals surface area contributed by atoms with Crippen LogP contribution in [-0.4, -0.2) is 58.4 Å². The fourth-order valence-electron chi connectivity index (χ4n) is 2.35. The van der Waals surface area contributed by atoms with E-state index < -0.39 is 29.9 Å². The molecule has 20 heavy (non-hydrogen) atoms. The molecule has 1 aliphatic heterocycles. The van der Waals surface area contributed by atoms with Crippen molar-refractivity contribution in [3.8, 4) is 0 Å². The number of hydrogen-bond donors (Lipinski definition) is 4. The van der Waals surface area contributed by atoms with Crippen molar-refractivity contribution in [2.24, 2.45) is 0 Å². The van der Waals surface area contributed by atoms with Crippen LogP contribution in [0.1, 0.15) is 45.4 Å². The topological polar surface area (TPSA) is 79.2 Å². The monoisotopic (exact) mass is 308 g/mol. The van der Waals surface area contributed by atoms with Crippen LogP contribution in [0.3, 0.4) is 0 Å². The predicted molar refractivity (Wildman–Crippen MR) is 79.9 cm³/mol. The van der Waals surface area contributed by atoms with Gasteiger partial charge < -0.3 is 24.8 Å². The number of unbranched alkanes of at least 4 members (excludes halogenated alkanes) is 5. The Morgan fingerprint density at radius 1 is 1.05 bits per heavy atom. The molecule has 0 aromatic carbocycles. The molecule has 1 fully saturated rings. The Morgan fingerprint density at radius 3 is 2.35 bits per heavy atom. The molecule has 0 radical (unpaired) electrons. The van der Waals surface area contributed by atoms with Gasteiger partial charge in [-0.1, -0.05) is 39.0 Å². The summed E-state index contributed by atoms with van der Waals surface area (Å²) in [6.07, 6.45) is 3.28. The van der Waals surface area contributed by atoms with Crippen molar-refractivity contribution in [1.29, 1.82) is 0 Å². The second kappa shape index (κ2) is 9.97. The molecular weight excluding hydrogens is 280 g/mol. The van der Waals surface area contributed by atoms with Gasteiger partial charge >= 0.3 is 0 Å². The lowest BCUT2D eigenvalue weighted by molar-refractivity contribution is -0.218. The molecule has 1 rings (SSSR count). The molecule has 3 N–H and O–H groups in total. The number of ether oxygens (including phenoxy) is 2. The molecule has 0 amide bonds. The smallest absolute Gasteiger partial charge is 0.129 e. The summed E-state index contributed by atoms with van der Waals surface area (Å²) in [7, 11) is 0. The minimum absolute atomic E-state index is 0.348. The summed E-state index contributed by atoms with van der Waals surface area (Å²) in [5.74, 6) is 0. The minimum atomic E-state index is -1.14. The number of aliphatic hydroxyl groups excluding tert-OH is 3. The summed E-state index contributed by atoms with van der Waals surface area (Å²) in [6.45, 7) is 2.36. The van der Waals surface area contributed by atoms with E-state index in [1.807, 2.05) is 0 Å². The fraction of sp³-hybridized carbons (Fsp3) is 1.00. The number of hydrogen-bond acceptors (Lipinski definition) is 6. The zero-order valence-corrected chi connectivity index (χ0v) is 13.0. The first-order chi connectivity index (χ1) is 9.61. The number of rotatable bonds is 9. The largest absolute Gasteiger partial charge is 0.394 e. The Morgan fingerprint density at radius 2 is 1.70 bits per heavy atom. The Labute approximate surface area is 126 Å². The van der Waals surface area contributed by atoms with Crippen molar-refractivity contribution < 1.29 is 24.8 Å². The van der Waals surface area contributed by atoms with Gasteiger partial charge in [0.25, 0.3) is 0 Å². The molecule has 0 aliphatic carbocycles. The first-order valence-corrected chi connectivity index (χ1v) is 8.05. The quantitative estimate of drug-likeness (QED) is 0.379. The van der Waals surface area contributed by atoms with Gasteiger partial charge in [-0.3, -0.25) is 0 Å². The van der Waals surface area contributed by atoms with Gasteiger partial charge in [0.2, 0.25) is 0 Å². The highest BCUT2D eigenvalue weighted by Gasteiger charge is 2.43. The normalized spacial score (nSPS) is 34.4. The van der Waals surface area contributed by atoms with Crippen LogP contribution in [0.2, 0.25) is 0 Å². The SMILES string of the molecule is CCCCCCCCO[C@@H]1[C@@H](O)[C@H](O)[C@@H](CO)O[C@@H]1S. The van der Waals surface area contributed by atoms with Crippen molar-refractivity contribution in [2.45, 2.75) is 75.3 Å². The van der Waals surface area contributed by atoms with E-state index in [0.29, 0.717) is 6.61 Å². The molecule has 1 heterocycles. The highest BCUT2D eigenvalue weighted by atomic mass is 32.1. The standard InChI is InChI=1S/C14H28O5S/c1-2-3-4-5-6-7-8-18-13-12(17)11(16)10(9-15)19-14(13)20/h10-17,20H,2-9H2,1H3/t10-,11-,12+,13-,14-/m1/s1. The fourth-order valence-corrected chi connectivity index (χ4v) is 2.77. The van der Waals surface area contributed by atoms with E-state index in [1.165, 1.54) is 25.7 Å². The molecular formula is C14H28O5S. The Balaban J connectivity index is 2.22. The summed E-state index contributed by atoms with van der Waals surface area (Å²) in [5.41, 5.74) is -0.634. The third-order valence-corrected chi connectivity index (χ3v) is 4.07. The van der Waals surface area contributed by atoms with Gasteiger partial charge in [-0.25, -0.2) is 0 Å². The average molecular weight is 308 g/mol. The molecule has 0 aromatic heterocycles. The maximum absolute atomic E-state index is 9.97. The summed E-state index contributed by atoms with van der Waals surface area (Å²) in [5, 5.41) is 28.8. The Bertz CT molecular complexity index is 254. The Kier molecular flexibility index (Phi) is 9.08. The minimum Gasteiger partial charge on any atom is -0.394 e. The molecule has 0 spiro atoms. The zero-order valence-electron chi connectivity index (χ0n) is 12.1. The van der Waals surface area contributed by atoms with Gasteiger partial charge in [0.05, 0.1) is 6.61 Å². The molecule has 5 nitrogen and oxygen atoms in total. The van der Waals surface area contributed by atoms with E-state index >= 15 is 0 Å². The van der Waals surface area contributed by atoms with E-state index in [2.05, 4.69) is 19.6 Å². The van der Waals surface area contributed by atoms with E-state index in [-0.39, 0.29) is 6.61 Å². The lowest BCUT2D eigenvalue weighted by Crippen LogP contribution is -2.57.